The fourth-order valence-corrected chi connectivity index (χ4v) is 3.29. The first-order valence-electron chi connectivity index (χ1n) is 9.25. The number of aliphatic carboxylic acids is 1. The Morgan fingerprint density at radius 1 is 1.37 bits per heavy atom. The molecule has 1 aromatic rings. The molecule has 1 fully saturated rings. The molecule has 0 heterocycles. The molecular formula is C19H28ClN3O4. The number of ether oxygens (including phenoxy) is 1. The summed E-state index contributed by atoms with van der Waals surface area (Å²) in [4.78, 5) is 26.7. The SMILES string of the molecule is CCN(CC(=O)O)C1CC(NC(=O)N(C)CCCOc2cccc(Cl)c2)C1. The van der Waals surface area contributed by atoms with Crippen LogP contribution in [0.4, 0.5) is 4.79 Å². The van der Waals surface area contributed by atoms with Gasteiger partial charge in [-0.05, 0) is 44.0 Å². The van der Waals surface area contributed by atoms with Gasteiger partial charge in [-0.25, -0.2) is 4.79 Å². The van der Waals surface area contributed by atoms with Crippen molar-refractivity contribution in [3.8, 4) is 5.75 Å². The number of halogens is 1. The number of rotatable bonds is 10. The first kappa shape index (κ1) is 21.3. The van der Waals surface area contributed by atoms with Gasteiger partial charge in [-0.15, -0.1) is 0 Å². The third-order valence-corrected chi connectivity index (χ3v) is 4.99. The first-order chi connectivity index (χ1) is 12.9. The average molecular weight is 398 g/mol. The Balaban J connectivity index is 1.61. The number of benzene rings is 1. The van der Waals surface area contributed by atoms with E-state index in [1.807, 2.05) is 24.0 Å². The summed E-state index contributed by atoms with van der Waals surface area (Å²) in [6.07, 6.45) is 2.29. The van der Waals surface area contributed by atoms with Crippen molar-refractivity contribution in [2.24, 2.45) is 0 Å². The zero-order chi connectivity index (χ0) is 19.8. The van der Waals surface area contributed by atoms with Gasteiger partial charge < -0.3 is 20.1 Å². The summed E-state index contributed by atoms with van der Waals surface area (Å²) in [5, 5.41) is 12.6. The van der Waals surface area contributed by atoms with Gasteiger partial charge in [0, 0.05) is 30.7 Å². The van der Waals surface area contributed by atoms with Crippen molar-refractivity contribution in [2.45, 2.75) is 38.3 Å². The third-order valence-electron chi connectivity index (χ3n) is 4.75. The fourth-order valence-electron chi connectivity index (χ4n) is 3.11. The van der Waals surface area contributed by atoms with Crippen LogP contribution in [0.2, 0.25) is 5.02 Å². The first-order valence-corrected chi connectivity index (χ1v) is 9.62. The van der Waals surface area contributed by atoms with Gasteiger partial charge in [0.1, 0.15) is 5.75 Å². The van der Waals surface area contributed by atoms with Gasteiger partial charge in [0.15, 0.2) is 0 Å². The lowest BCUT2D eigenvalue weighted by atomic mass is 9.85. The Kier molecular flexibility index (Phi) is 8.19. The molecule has 1 aliphatic rings. The topological polar surface area (TPSA) is 82.1 Å². The molecule has 2 amide bonds. The lowest BCUT2D eigenvalue weighted by molar-refractivity contribution is -0.139. The lowest BCUT2D eigenvalue weighted by Gasteiger charge is -2.42. The lowest BCUT2D eigenvalue weighted by Crippen LogP contribution is -2.56. The smallest absolute Gasteiger partial charge is 0.317 e. The number of carboxylic acid groups (broad SMARTS) is 1. The molecule has 1 aromatic carbocycles. The van der Waals surface area contributed by atoms with Crippen molar-refractivity contribution < 1.29 is 19.4 Å². The number of nitrogens with one attached hydrogen (secondary N) is 1. The largest absolute Gasteiger partial charge is 0.493 e. The van der Waals surface area contributed by atoms with Gasteiger partial charge >= 0.3 is 12.0 Å². The summed E-state index contributed by atoms with van der Waals surface area (Å²) in [6, 6.07) is 7.46. The zero-order valence-corrected chi connectivity index (χ0v) is 16.6. The summed E-state index contributed by atoms with van der Waals surface area (Å²) in [6.45, 7) is 3.79. The highest BCUT2D eigenvalue weighted by molar-refractivity contribution is 6.30. The molecule has 0 spiro atoms. The summed E-state index contributed by atoms with van der Waals surface area (Å²) < 4.78 is 5.62. The number of nitrogens with zero attached hydrogens (tertiary/aromatic N) is 2. The number of likely N-dealkylation sites (N-methyl/N-ethyl adjacent to an activating group) is 1. The van der Waals surface area contributed by atoms with Gasteiger partial charge in [-0.1, -0.05) is 24.6 Å². The normalized spacial score (nSPS) is 18.7. The second-order valence-electron chi connectivity index (χ2n) is 6.81. The highest BCUT2D eigenvalue weighted by Gasteiger charge is 2.35. The van der Waals surface area contributed by atoms with E-state index in [-0.39, 0.29) is 24.7 Å². The number of carbonyl (C=O) groups is 2. The third kappa shape index (κ3) is 6.92. The maximum absolute atomic E-state index is 12.2. The number of carboxylic acids is 1. The number of amides is 2. The number of carbonyl (C=O) groups excluding carboxylic acids is 1. The van der Waals surface area contributed by atoms with Crippen LogP contribution in [0.1, 0.15) is 26.2 Å². The molecule has 27 heavy (non-hydrogen) atoms. The predicted molar refractivity (Wildman–Crippen MR) is 104 cm³/mol. The summed E-state index contributed by atoms with van der Waals surface area (Å²) in [5.41, 5.74) is 0. The summed E-state index contributed by atoms with van der Waals surface area (Å²) in [7, 11) is 1.76. The van der Waals surface area contributed by atoms with E-state index in [1.165, 1.54) is 0 Å². The Morgan fingerprint density at radius 2 is 2.11 bits per heavy atom. The van der Waals surface area contributed by atoms with Crippen molar-refractivity contribution in [1.82, 2.24) is 15.1 Å². The molecule has 7 nitrogen and oxygen atoms in total. The van der Waals surface area contributed by atoms with Gasteiger partial charge in [-0.3, -0.25) is 9.69 Å². The zero-order valence-electron chi connectivity index (χ0n) is 15.9. The van der Waals surface area contributed by atoms with Gasteiger partial charge in [0.2, 0.25) is 0 Å². The van der Waals surface area contributed by atoms with Crippen LogP contribution in [0.3, 0.4) is 0 Å². The quantitative estimate of drug-likeness (QED) is 0.593. The van der Waals surface area contributed by atoms with Gasteiger partial charge in [0.25, 0.3) is 0 Å². The minimum Gasteiger partial charge on any atom is -0.493 e. The summed E-state index contributed by atoms with van der Waals surface area (Å²) in [5.74, 6) is -0.0963. The Morgan fingerprint density at radius 3 is 2.74 bits per heavy atom. The van der Waals surface area contributed by atoms with E-state index >= 15 is 0 Å². The van der Waals surface area contributed by atoms with E-state index in [2.05, 4.69) is 5.32 Å². The number of urea groups is 1. The standard InChI is InChI=1S/C19H28ClN3O4/c1-3-23(13-18(24)25)16-11-15(12-16)21-19(26)22(2)8-5-9-27-17-7-4-6-14(20)10-17/h4,6-7,10,15-16H,3,5,8-9,11-13H2,1-2H3,(H,21,26)(H,24,25). The molecule has 0 unspecified atom stereocenters. The van der Waals surface area contributed by atoms with Crippen LogP contribution in [0, 0.1) is 0 Å². The fraction of sp³-hybridized carbons (Fsp3) is 0.579. The van der Waals surface area contributed by atoms with E-state index < -0.39 is 5.97 Å². The molecule has 0 saturated heterocycles. The molecule has 1 saturated carbocycles. The highest BCUT2D eigenvalue weighted by Crippen LogP contribution is 2.25. The van der Waals surface area contributed by atoms with Crippen LogP contribution < -0.4 is 10.1 Å². The van der Waals surface area contributed by atoms with Crippen molar-refractivity contribution in [3.05, 3.63) is 29.3 Å². The van der Waals surface area contributed by atoms with Crippen molar-refractivity contribution in [2.75, 3.05) is 33.3 Å². The Bertz CT molecular complexity index is 637. The molecule has 0 bridgehead atoms. The number of hydrogen-bond acceptors (Lipinski definition) is 4. The molecular weight excluding hydrogens is 370 g/mol. The minimum atomic E-state index is -0.816. The average Bonchev–Trinajstić information content (AvgIpc) is 2.59. The monoisotopic (exact) mass is 397 g/mol. The van der Waals surface area contributed by atoms with Crippen LogP contribution in [0.15, 0.2) is 24.3 Å². The molecule has 8 heteroatoms. The number of hydrogen-bond donors (Lipinski definition) is 2. The van der Waals surface area contributed by atoms with E-state index in [4.69, 9.17) is 21.4 Å². The van der Waals surface area contributed by atoms with Gasteiger partial charge in [-0.2, -0.15) is 0 Å². The Labute approximate surface area is 165 Å². The second kappa shape index (κ2) is 10.4. The predicted octanol–water partition coefficient (Wildman–Crippen LogP) is 2.69. The van der Waals surface area contributed by atoms with Gasteiger partial charge in [0.05, 0.1) is 13.2 Å². The van der Waals surface area contributed by atoms with Crippen LogP contribution in [-0.2, 0) is 4.79 Å². The highest BCUT2D eigenvalue weighted by atomic mass is 35.5. The van der Waals surface area contributed by atoms with Crippen molar-refractivity contribution in [1.29, 1.82) is 0 Å². The molecule has 150 valence electrons. The van der Waals surface area contributed by atoms with E-state index in [1.54, 1.807) is 24.1 Å². The van der Waals surface area contributed by atoms with E-state index in [9.17, 15) is 9.59 Å². The maximum atomic E-state index is 12.2. The van der Waals surface area contributed by atoms with Crippen LogP contribution >= 0.6 is 11.6 Å². The molecule has 0 aromatic heterocycles. The van der Waals surface area contributed by atoms with Crippen molar-refractivity contribution in [3.63, 3.8) is 0 Å². The molecule has 1 aliphatic carbocycles. The Hall–Kier alpha value is -1.99. The van der Waals surface area contributed by atoms with Crippen molar-refractivity contribution >= 4 is 23.6 Å². The minimum absolute atomic E-state index is 0.0500. The molecule has 2 rings (SSSR count). The van der Waals surface area contributed by atoms with E-state index in [0.717, 1.165) is 18.6 Å². The van der Waals surface area contributed by atoms with Crippen LogP contribution in [0.25, 0.3) is 0 Å². The maximum Gasteiger partial charge on any atom is 0.317 e. The van der Waals surface area contributed by atoms with Crippen LogP contribution in [-0.4, -0.2) is 72.3 Å². The molecule has 0 atom stereocenters. The summed E-state index contributed by atoms with van der Waals surface area (Å²) >= 11 is 5.91. The van der Waals surface area contributed by atoms with E-state index in [0.29, 0.717) is 31.1 Å². The molecule has 2 N–H and O–H groups in total. The molecule has 0 aliphatic heterocycles. The second-order valence-corrected chi connectivity index (χ2v) is 7.25. The molecule has 0 radical (unpaired) electrons. The van der Waals surface area contributed by atoms with Crippen LogP contribution in [0.5, 0.6) is 5.75 Å².